The molecule has 3 N–H and O–H groups in total. The molecule has 1 heterocycles. The van der Waals surface area contributed by atoms with Gasteiger partial charge in [0.2, 0.25) is 0 Å². The van der Waals surface area contributed by atoms with E-state index >= 15 is 0 Å². The van der Waals surface area contributed by atoms with Gasteiger partial charge in [-0.15, -0.1) is 0 Å². The lowest BCUT2D eigenvalue weighted by atomic mass is 9.93. The number of hydrazine groups is 1. The molecule has 0 aromatic heterocycles. The Balaban J connectivity index is 1.92. The summed E-state index contributed by atoms with van der Waals surface area (Å²) >= 11 is 0. The molecule has 1 aliphatic rings. The average Bonchev–Trinajstić information content (AvgIpc) is 2.84. The fourth-order valence-corrected chi connectivity index (χ4v) is 2.49. The number of nitrogens with one attached hydrogen (secondary N) is 1. The summed E-state index contributed by atoms with van der Waals surface area (Å²) in [5.74, 6) is 6.32. The van der Waals surface area contributed by atoms with Crippen LogP contribution in [0.1, 0.15) is 24.0 Å². The van der Waals surface area contributed by atoms with E-state index in [9.17, 15) is 0 Å². The fraction of sp³-hybridized carbons (Fsp3) is 0.571. The molecular formula is C14H22N2O. The van der Waals surface area contributed by atoms with Gasteiger partial charge in [-0.05, 0) is 43.2 Å². The third-order valence-electron chi connectivity index (χ3n) is 3.61. The quantitative estimate of drug-likeness (QED) is 0.603. The summed E-state index contributed by atoms with van der Waals surface area (Å²) in [4.78, 5) is 0. The number of nitrogens with two attached hydrogens (primary N) is 1. The van der Waals surface area contributed by atoms with E-state index in [1.54, 1.807) is 0 Å². The van der Waals surface area contributed by atoms with Crippen LogP contribution in [0.5, 0.6) is 0 Å². The lowest BCUT2D eigenvalue weighted by Gasteiger charge is -2.20. The fourth-order valence-electron chi connectivity index (χ4n) is 2.49. The molecule has 0 amide bonds. The van der Waals surface area contributed by atoms with Gasteiger partial charge in [0, 0.05) is 19.3 Å². The van der Waals surface area contributed by atoms with Gasteiger partial charge in [0.1, 0.15) is 0 Å². The Morgan fingerprint density at radius 2 is 2.29 bits per heavy atom. The predicted octanol–water partition coefficient (Wildman–Crippen LogP) is 1.80. The van der Waals surface area contributed by atoms with Crippen LogP contribution in [0, 0.1) is 12.8 Å². The molecule has 3 nitrogen and oxygen atoms in total. The Labute approximate surface area is 103 Å². The van der Waals surface area contributed by atoms with Gasteiger partial charge >= 0.3 is 0 Å². The number of rotatable bonds is 5. The highest BCUT2D eigenvalue weighted by Crippen LogP contribution is 2.20. The lowest BCUT2D eigenvalue weighted by molar-refractivity contribution is 0.181. The van der Waals surface area contributed by atoms with Crippen molar-refractivity contribution in [2.45, 2.75) is 32.2 Å². The summed E-state index contributed by atoms with van der Waals surface area (Å²) < 4.78 is 5.41. The first-order valence-corrected chi connectivity index (χ1v) is 6.38. The molecule has 2 atom stereocenters. The third-order valence-corrected chi connectivity index (χ3v) is 3.61. The highest BCUT2D eigenvalue weighted by Gasteiger charge is 2.20. The summed E-state index contributed by atoms with van der Waals surface area (Å²) in [6.45, 7) is 3.96. The Bertz CT molecular complexity index is 348. The van der Waals surface area contributed by atoms with E-state index in [2.05, 4.69) is 36.6 Å². The highest BCUT2D eigenvalue weighted by molar-refractivity contribution is 5.26. The monoisotopic (exact) mass is 234 g/mol. The van der Waals surface area contributed by atoms with Crippen LogP contribution in [0.2, 0.25) is 0 Å². The molecule has 0 aliphatic carbocycles. The number of aryl methyl sites for hydroxylation is 1. The van der Waals surface area contributed by atoms with Crippen molar-refractivity contribution in [2.75, 3.05) is 13.2 Å². The van der Waals surface area contributed by atoms with Crippen molar-refractivity contribution in [3.05, 3.63) is 35.4 Å². The summed E-state index contributed by atoms with van der Waals surface area (Å²) in [6.07, 6.45) is 3.27. The maximum atomic E-state index is 5.66. The third kappa shape index (κ3) is 3.53. The maximum absolute atomic E-state index is 5.66. The van der Waals surface area contributed by atoms with Crippen molar-refractivity contribution in [1.29, 1.82) is 0 Å². The Kier molecular flexibility index (Phi) is 4.54. The summed E-state index contributed by atoms with van der Waals surface area (Å²) in [5, 5.41) is 0. The van der Waals surface area contributed by atoms with Crippen molar-refractivity contribution in [3.8, 4) is 0 Å². The minimum atomic E-state index is 0.350. The number of hydrogen-bond acceptors (Lipinski definition) is 3. The van der Waals surface area contributed by atoms with Gasteiger partial charge in [-0.1, -0.05) is 24.3 Å². The molecule has 1 aromatic carbocycles. The minimum absolute atomic E-state index is 0.350. The number of benzene rings is 1. The van der Waals surface area contributed by atoms with Crippen molar-refractivity contribution < 1.29 is 4.74 Å². The van der Waals surface area contributed by atoms with Crippen LogP contribution in [-0.2, 0) is 11.2 Å². The first kappa shape index (κ1) is 12.6. The molecule has 2 unspecified atom stereocenters. The first-order valence-electron chi connectivity index (χ1n) is 6.38. The van der Waals surface area contributed by atoms with Crippen molar-refractivity contribution in [1.82, 2.24) is 5.43 Å². The summed E-state index contributed by atoms with van der Waals surface area (Å²) in [5.41, 5.74) is 5.68. The van der Waals surface area contributed by atoms with E-state index in [0.717, 1.165) is 26.1 Å². The van der Waals surface area contributed by atoms with Gasteiger partial charge in [-0.3, -0.25) is 11.3 Å². The molecule has 0 bridgehead atoms. The second kappa shape index (κ2) is 6.15. The largest absolute Gasteiger partial charge is 0.381 e. The minimum Gasteiger partial charge on any atom is -0.381 e. The molecule has 2 rings (SSSR count). The van der Waals surface area contributed by atoms with E-state index in [0.29, 0.717) is 12.0 Å². The topological polar surface area (TPSA) is 47.3 Å². The second-order valence-corrected chi connectivity index (χ2v) is 4.96. The van der Waals surface area contributed by atoms with Gasteiger partial charge in [0.25, 0.3) is 0 Å². The Hall–Kier alpha value is -0.900. The van der Waals surface area contributed by atoms with E-state index in [1.807, 2.05) is 0 Å². The van der Waals surface area contributed by atoms with E-state index < -0.39 is 0 Å². The van der Waals surface area contributed by atoms with Gasteiger partial charge in [0.15, 0.2) is 0 Å². The first-order chi connectivity index (χ1) is 8.29. The lowest BCUT2D eigenvalue weighted by Crippen LogP contribution is -2.38. The Morgan fingerprint density at radius 3 is 2.94 bits per heavy atom. The second-order valence-electron chi connectivity index (χ2n) is 4.96. The molecule has 1 aliphatic heterocycles. The molecule has 1 fully saturated rings. The Morgan fingerprint density at radius 1 is 1.47 bits per heavy atom. The standard InChI is InChI=1S/C14H22N2O/c1-11-4-2-3-5-13(11)9-14(16-15)8-12-6-7-17-10-12/h2-5,12,14,16H,6-10,15H2,1H3. The van der Waals surface area contributed by atoms with Crippen LogP contribution in [0.3, 0.4) is 0 Å². The highest BCUT2D eigenvalue weighted by atomic mass is 16.5. The van der Waals surface area contributed by atoms with Gasteiger partial charge in [-0.25, -0.2) is 0 Å². The van der Waals surface area contributed by atoms with Crippen molar-refractivity contribution in [3.63, 3.8) is 0 Å². The molecule has 0 saturated carbocycles. The molecule has 1 saturated heterocycles. The number of hydrogen-bond donors (Lipinski definition) is 2. The molecule has 3 heteroatoms. The summed E-state index contributed by atoms with van der Waals surface area (Å²) in [7, 11) is 0. The number of ether oxygens (including phenoxy) is 1. The zero-order valence-corrected chi connectivity index (χ0v) is 10.5. The van der Waals surface area contributed by atoms with Crippen molar-refractivity contribution >= 4 is 0 Å². The predicted molar refractivity (Wildman–Crippen MR) is 69.5 cm³/mol. The van der Waals surface area contributed by atoms with Crippen molar-refractivity contribution in [2.24, 2.45) is 11.8 Å². The molecular weight excluding hydrogens is 212 g/mol. The molecule has 94 valence electrons. The SMILES string of the molecule is Cc1ccccc1CC(CC1CCOC1)NN. The zero-order valence-electron chi connectivity index (χ0n) is 10.5. The van der Waals surface area contributed by atoms with E-state index in [-0.39, 0.29) is 0 Å². The van der Waals surface area contributed by atoms with E-state index in [1.165, 1.54) is 17.5 Å². The van der Waals surface area contributed by atoms with Crippen LogP contribution < -0.4 is 11.3 Å². The maximum Gasteiger partial charge on any atom is 0.0495 e. The molecule has 0 spiro atoms. The molecule has 1 aromatic rings. The molecule has 0 radical (unpaired) electrons. The van der Waals surface area contributed by atoms with Gasteiger partial charge in [0.05, 0.1) is 0 Å². The van der Waals surface area contributed by atoms with Crippen LogP contribution in [0.25, 0.3) is 0 Å². The van der Waals surface area contributed by atoms with Crippen LogP contribution in [0.15, 0.2) is 24.3 Å². The average molecular weight is 234 g/mol. The zero-order chi connectivity index (χ0) is 12.1. The smallest absolute Gasteiger partial charge is 0.0495 e. The normalized spacial score (nSPS) is 21.6. The van der Waals surface area contributed by atoms with Crippen LogP contribution in [0.4, 0.5) is 0 Å². The summed E-state index contributed by atoms with van der Waals surface area (Å²) in [6, 6.07) is 8.86. The molecule has 17 heavy (non-hydrogen) atoms. The van der Waals surface area contributed by atoms with Gasteiger partial charge in [-0.2, -0.15) is 0 Å². The van der Waals surface area contributed by atoms with Gasteiger partial charge < -0.3 is 4.74 Å². The van der Waals surface area contributed by atoms with Crippen LogP contribution in [-0.4, -0.2) is 19.3 Å². The van der Waals surface area contributed by atoms with E-state index in [4.69, 9.17) is 10.6 Å². The van der Waals surface area contributed by atoms with Crippen LogP contribution >= 0.6 is 0 Å².